The quantitative estimate of drug-likeness (QED) is 0.643. The van der Waals surface area contributed by atoms with E-state index in [9.17, 15) is 13.2 Å². The normalized spacial score (nSPS) is 17.3. The summed E-state index contributed by atoms with van der Waals surface area (Å²) < 4.78 is 27.2. The molecule has 0 radical (unpaired) electrons. The lowest BCUT2D eigenvalue weighted by atomic mass is 10.2. The molecule has 1 saturated heterocycles. The van der Waals surface area contributed by atoms with Gasteiger partial charge in [0.2, 0.25) is 15.9 Å². The Morgan fingerprint density at radius 2 is 2.03 bits per heavy atom. The molecule has 1 N–H and O–H groups in total. The lowest BCUT2D eigenvalue weighted by molar-refractivity contribution is -0.119. The molecule has 10 heteroatoms. The summed E-state index contributed by atoms with van der Waals surface area (Å²) in [5.74, 6) is -0.382. The van der Waals surface area contributed by atoms with Crippen LogP contribution in [0.3, 0.4) is 0 Å². The number of anilines is 1. The Labute approximate surface area is 177 Å². The number of aromatic nitrogens is 2. The smallest absolute Gasteiger partial charge is 0.244 e. The van der Waals surface area contributed by atoms with Crippen LogP contribution in [0, 0.1) is 0 Å². The number of rotatable bonds is 5. The molecule has 150 valence electrons. The Bertz CT molecular complexity index is 1120. The van der Waals surface area contributed by atoms with Crippen LogP contribution < -0.4 is 5.32 Å². The van der Waals surface area contributed by atoms with E-state index >= 15 is 0 Å². The number of carbonyl (C=O) groups is 1. The van der Waals surface area contributed by atoms with Crippen LogP contribution in [0.4, 0.5) is 5.13 Å². The molecule has 29 heavy (non-hydrogen) atoms. The highest BCUT2D eigenvalue weighted by Crippen LogP contribution is 2.29. The van der Waals surface area contributed by atoms with Crippen molar-refractivity contribution in [2.75, 3.05) is 11.9 Å². The van der Waals surface area contributed by atoms with Gasteiger partial charge < -0.3 is 5.32 Å². The molecule has 3 heterocycles. The number of hydrogen-bond donors (Lipinski definition) is 1. The number of benzene rings is 1. The fraction of sp³-hybridized carbons (Fsp3) is 0.211. The van der Waals surface area contributed by atoms with Crippen LogP contribution in [0.2, 0.25) is 5.02 Å². The van der Waals surface area contributed by atoms with Crippen molar-refractivity contribution < 1.29 is 13.2 Å². The maximum atomic E-state index is 13.0. The van der Waals surface area contributed by atoms with Gasteiger partial charge in [-0.3, -0.25) is 9.78 Å². The first-order valence-electron chi connectivity index (χ1n) is 8.89. The predicted octanol–water partition coefficient (Wildman–Crippen LogP) is 3.65. The minimum Gasteiger partial charge on any atom is -0.301 e. The van der Waals surface area contributed by atoms with E-state index < -0.39 is 16.1 Å². The molecule has 0 bridgehead atoms. The molecule has 2 aromatic heterocycles. The molecule has 1 amide bonds. The van der Waals surface area contributed by atoms with Crippen LogP contribution in [0.25, 0.3) is 11.3 Å². The van der Waals surface area contributed by atoms with Gasteiger partial charge in [-0.2, -0.15) is 4.31 Å². The van der Waals surface area contributed by atoms with Crippen LogP contribution in [-0.2, 0) is 14.8 Å². The summed E-state index contributed by atoms with van der Waals surface area (Å²) in [6.07, 6.45) is 4.44. The van der Waals surface area contributed by atoms with E-state index in [2.05, 4.69) is 15.3 Å². The second kappa shape index (κ2) is 8.19. The van der Waals surface area contributed by atoms with Gasteiger partial charge in [-0.05, 0) is 49.2 Å². The van der Waals surface area contributed by atoms with E-state index in [-0.39, 0.29) is 10.8 Å². The number of sulfonamides is 1. The molecule has 1 atom stereocenters. The van der Waals surface area contributed by atoms with Crippen LogP contribution >= 0.6 is 22.9 Å². The number of amides is 1. The van der Waals surface area contributed by atoms with Gasteiger partial charge >= 0.3 is 0 Å². The fourth-order valence-corrected chi connectivity index (χ4v) is 5.70. The molecule has 4 rings (SSSR count). The Morgan fingerprint density at radius 3 is 2.76 bits per heavy atom. The van der Waals surface area contributed by atoms with Gasteiger partial charge in [0, 0.05) is 34.9 Å². The zero-order valence-corrected chi connectivity index (χ0v) is 17.5. The van der Waals surface area contributed by atoms with Gasteiger partial charge in [0.05, 0.1) is 10.6 Å². The standard InChI is InChI=1S/C19H17ClN4O3S2/c20-14-5-7-15(8-6-14)29(26,27)24-10-2-4-17(24)18(25)23-19-22-16(12-28-19)13-3-1-9-21-11-13/h1,3,5-9,11-12,17H,2,4,10H2,(H,22,23,25). The largest absolute Gasteiger partial charge is 0.301 e. The summed E-state index contributed by atoms with van der Waals surface area (Å²) in [6, 6.07) is 8.86. The van der Waals surface area contributed by atoms with Crippen molar-refractivity contribution in [3.8, 4) is 11.3 Å². The van der Waals surface area contributed by atoms with Crippen molar-refractivity contribution in [2.45, 2.75) is 23.8 Å². The summed E-state index contributed by atoms with van der Waals surface area (Å²) in [5, 5.41) is 5.45. The third-order valence-corrected chi connectivity index (χ3v) is 7.55. The van der Waals surface area contributed by atoms with Crippen molar-refractivity contribution in [1.82, 2.24) is 14.3 Å². The number of nitrogens with zero attached hydrogens (tertiary/aromatic N) is 3. The van der Waals surface area contributed by atoms with Crippen LogP contribution in [0.15, 0.2) is 59.1 Å². The van der Waals surface area contributed by atoms with E-state index in [4.69, 9.17) is 11.6 Å². The van der Waals surface area contributed by atoms with E-state index in [1.54, 1.807) is 12.4 Å². The maximum Gasteiger partial charge on any atom is 0.244 e. The van der Waals surface area contributed by atoms with Crippen molar-refractivity contribution >= 4 is 44.0 Å². The zero-order chi connectivity index (χ0) is 20.4. The Morgan fingerprint density at radius 1 is 1.24 bits per heavy atom. The predicted molar refractivity (Wildman–Crippen MR) is 112 cm³/mol. The summed E-state index contributed by atoms with van der Waals surface area (Å²) in [4.78, 5) is 21.4. The van der Waals surface area contributed by atoms with Crippen molar-refractivity contribution in [3.05, 3.63) is 59.2 Å². The van der Waals surface area contributed by atoms with Gasteiger partial charge in [0.1, 0.15) is 6.04 Å². The van der Waals surface area contributed by atoms with Gasteiger partial charge in [0.15, 0.2) is 5.13 Å². The van der Waals surface area contributed by atoms with Crippen molar-refractivity contribution in [3.63, 3.8) is 0 Å². The maximum absolute atomic E-state index is 13.0. The lowest BCUT2D eigenvalue weighted by Gasteiger charge is -2.23. The first-order chi connectivity index (χ1) is 13.9. The molecular formula is C19H17ClN4O3S2. The highest BCUT2D eigenvalue weighted by Gasteiger charge is 2.39. The molecule has 1 aromatic carbocycles. The molecule has 7 nitrogen and oxygen atoms in total. The average Bonchev–Trinajstić information content (AvgIpc) is 3.39. The molecule has 1 unspecified atom stereocenters. The van der Waals surface area contributed by atoms with Crippen molar-refractivity contribution in [1.29, 1.82) is 0 Å². The zero-order valence-electron chi connectivity index (χ0n) is 15.2. The summed E-state index contributed by atoms with van der Waals surface area (Å²) in [5.41, 5.74) is 1.55. The van der Waals surface area contributed by atoms with E-state index in [0.717, 1.165) is 5.56 Å². The summed E-state index contributed by atoms with van der Waals surface area (Å²) >= 11 is 7.14. The first kappa shape index (κ1) is 20.0. The molecule has 0 aliphatic carbocycles. The third kappa shape index (κ3) is 4.18. The fourth-order valence-electron chi connectivity index (χ4n) is 3.20. The number of pyridine rings is 1. The monoisotopic (exact) mass is 448 g/mol. The van der Waals surface area contributed by atoms with Gasteiger partial charge in [-0.25, -0.2) is 13.4 Å². The first-order valence-corrected chi connectivity index (χ1v) is 11.6. The highest BCUT2D eigenvalue weighted by molar-refractivity contribution is 7.89. The SMILES string of the molecule is O=C(Nc1nc(-c2cccnc2)cs1)C1CCCN1S(=O)(=O)c1ccc(Cl)cc1. The number of nitrogens with one attached hydrogen (secondary N) is 1. The van der Waals surface area contributed by atoms with Crippen molar-refractivity contribution in [2.24, 2.45) is 0 Å². The van der Waals surface area contributed by atoms with Gasteiger partial charge in [0.25, 0.3) is 0 Å². The Hall–Kier alpha value is -2.33. The number of halogens is 1. The number of thiazole rings is 1. The number of carbonyl (C=O) groups excluding carboxylic acids is 1. The molecule has 1 fully saturated rings. The van der Waals surface area contributed by atoms with E-state index in [1.165, 1.54) is 39.9 Å². The van der Waals surface area contributed by atoms with E-state index in [1.807, 2.05) is 17.5 Å². The van der Waals surface area contributed by atoms with Crippen LogP contribution in [0.1, 0.15) is 12.8 Å². The number of hydrogen-bond acceptors (Lipinski definition) is 6. The summed E-state index contributed by atoms with van der Waals surface area (Å²) in [6.45, 7) is 0.294. The topological polar surface area (TPSA) is 92.3 Å². The third-order valence-electron chi connectivity index (χ3n) is 4.62. The molecular weight excluding hydrogens is 432 g/mol. The molecule has 0 saturated carbocycles. The molecule has 1 aliphatic heterocycles. The van der Waals surface area contributed by atoms with Crippen LogP contribution in [0.5, 0.6) is 0 Å². The minimum absolute atomic E-state index is 0.120. The average molecular weight is 449 g/mol. The minimum atomic E-state index is -3.79. The second-order valence-corrected chi connectivity index (χ2v) is 9.68. The van der Waals surface area contributed by atoms with Gasteiger partial charge in [-0.1, -0.05) is 11.6 Å². The Balaban J connectivity index is 1.51. The van der Waals surface area contributed by atoms with Gasteiger partial charge in [-0.15, -0.1) is 11.3 Å². The molecule has 1 aliphatic rings. The second-order valence-electron chi connectivity index (χ2n) is 6.50. The summed E-state index contributed by atoms with van der Waals surface area (Å²) in [7, 11) is -3.79. The van der Waals surface area contributed by atoms with E-state index in [0.29, 0.717) is 35.2 Å². The Kier molecular flexibility index (Phi) is 5.64. The lowest BCUT2D eigenvalue weighted by Crippen LogP contribution is -2.43. The van der Waals surface area contributed by atoms with Crippen LogP contribution in [-0.4, -0.2) is 41.2 Å². The highest BCUT2D eigenvalue weighted by atomic mass is 35.5. The molecule has 0 spiro atoms. The molecule has 3 aromatic rings.